The highest BCUT2D eigenvalue weighted by atomic mass is 32.2. The Kier molecular flexibility index (Phi) is 3.78. The number of hydrogen-bond donors (Lipinski definition) is 0. The Balaban J connectivity index is 2.43. The second-order valence-corrected chi connectivity index (χ2v) is 6.94. The number of benzene rings is 1. The highest BCUT2D eigenvalue weighted by Crippen LogP contribution is 2.36. The summed E-state index contributed by atoms with van der Waals surface area (Å²) in [6, 6.07) is 5.63. The third-order valence-corrected chi connectivity index (χ3v) is 5.78. The fourth-order valence-corrected chi connectivity index (χ4v) is 4.48. The second kappa shape index (κ2) is 5.09. The third-order valence-electron chi connectivity index (χ3n) is 3.51. The molecule has 7 heteroatoms. The van der Waals surface area contributed by atoms with Crippen LogP contribution in [-0.2, 0) is 16.0 Å². The molecule has 20 heavy (non-hydrogen) atoms. The number of alkyl halides is 3. The number of sulfone groups is 1. The molecule has 0 N–H and O–H groups in total. The van der Waals surface area contributed by atoms with E-state index in [1.807, 2.05) is 6.07 Å². The second-order valence-electron chi connectivity index (χ2n) is 4.78. The minimum Gasteiger partial charge on any atom is -0.223 e. The summed E-state index contributed by atoms with van der Waals surface area (Å²) < 4.78 is 62.6. The van der Waals surface area contributed by atoms with Gasteiger partial charge >= 0.3 is 6.18 Å². The molecule has 1 aliphatic rings. The van der Waals surface area contributed by atoms with Crippen molar-refractivity contribution in [2.45, 2.75) is 35.6 Å². The van der Waals surface area contributed by atoms with Gasteiger partial charge in [-0.15, -0.1) is 0 Å². The largest absolute Gasteiger partial charge is 0.416 e. The number of nitriles is 1. The molecule has 1 saturated carbocycles. The van der Waals surface area contributed by atoms with Gasteiger partial charge in [0.1, 0.15) is 0 Å². The molecule has 3 nitrogen and oxygen atoms in total. The van der Waals surface area contributed by atoms with Crippen molar-refractivity contribution < 1.29 is 21.6 Å². The van der Waals surface area contributed by atoms with Gasteiger partial charge in [-0.3, -0.25) is 0 Å². The number of nitrogens with zero attached hydrogens (tertiary/aromatic N) is 1. The van der Waals surface area contributed by atoms with Crippen molar-refractivity contribution >= 4 is 9.84 Å². The molecular formula is C13H12F3NO2S. The lowest BCUT2D eigenvalue weighted by atomic mass is 10.1. The Morgan fingerprint density at radius 1 is 1.25 bits per heavy atom. The fraction of sp³-hybridized carbons (Fsp3) is 0.462. The van der Waals surface area contributed by atoms with Crippen molar-refractivity contribution in [1.29, 1.82) is 5.26 Å². The first-order chi connectivity index (χ1) is 9.26. The lowest BCUT2D eigenvalue weighted by Gasteiger charge is -2.16. The first-order valence-electron chi connectivity index (χ1n) is 6.07. The molecule has 2 rings (SSSR count). The van der Waals surface area contributed by atoms with E-state index in [0.717, 1.165) is 18.2 Å². The Bertz CT molecular complexity index is 646. The summed E-state index contributed by atoms with van der Waals surface area (Å²) in [6.07, 6.45) is -3.20. The van der Waals surface area contributed by atoms with Gasteiger partial charge in [0.2, 0.25) is 0 Å². The van der Waals surface area contributed by atoms with Crippen LogP contribution >= 0.6 is 0 Å². The lowest BCUT2D eigenvalue weighted by Crippen LogP contribution is -2.25. The van der Waals surface area contributed by atoms with Gasteiger partial charge in [-0.2, -0.15) is 18.4 Å². The summed E-state index contributed by atoms with van der Waals surface area (Å²) in [5.74, 6) is -0.644. The molecular weight excluding hydrogens is 291 g/mol. The molecule has 0 heterocycles. The quantitative estimate of drug-likeness (QED) is 0.843. The van der Waals surface area contributed by atoms with Crippen LogP contribution in [-0.4, -0.2) is 13.7 Å². The topological polar surface area (TPSA) is 57.9 Å². The highest BCUT2D eigenvalue weighted by molar-refractivity contribution is 7.92. The molecule has 0 saturated heterocycles. The predicted octanol–water partition coefficient (Wildman–Crippen LogP) is 3.17. The number of hydrogen-bond acceptors (Lipinski definition) is 3. The van der Waals surface area contributed by atoms with E-state index in [0.29, 0.717) is 25.3 Å². The van der Waals surface area contributed by atoms with Gasteiger partial charge < -0.3 is 0 Å². The lowest BCUT2D eigenvalue weighted by molar-refractivity contribution is -0.137. The Labute approximate surface area is 114 Å². The average molecular weight is 303 g/mol. The maximum absolute atomic E-state index is 12.6. The van der Waals surface area contributed by atoms with Crippen LogP contribution in [0.25, 0.3) is 0 Å². The summed E-state index contributed by atoms with van der Waals surface area (Å²) >= 11 is 0. The van der Waals surface area contributed by atoms with Crippen LogP contribution in [0.4, 0.5) is 13.2 Å². The number of rotatable bonds is 2. The zero-order chi connectivity index (χ0) is 15.0. The Morgan fingerprint density at radius 3 is 2.55 bits per heavy atom. The van der Waals surface area contributed by atoms with E-state index in [9.17, 15) is 21.6 Å². The minimum atomic E-state index is -4.59. The molecule has 0 amide bonds. The van der Waals surface area contributed by atoms with E-state index < -0.39 is 32.7 Å². The SMILES string of the molecule is N#CC1CCCC1S(=O)(=O)c1cccc(C(F)(F)F)c1. The van der Waals surface area contributed by atoms with Crippen molar-refractivity contribution in [3.63, 3.8) is 0 Å². The maximum atomic E-state index is 12.6. The molecule has 2 atom stereocenters. The average Bonchev–Trinajstić information content (AvgIpc) is 2.87. The Morgan fingerprint density at radius 2 is 1.95 bits per heavy atom. The Hall–Kier alpha value is -1.55. The van der Waals surface area contributed by atoms with Gasteiger partial charge in [-0.25, -0.2) is 8.42 Å². The summed E-state index contributed by atoms with van der Waals surface area (Å²) in [6.45, 7) is 0. The van der Waals surface area contributed by atoms with Crippen molar-refractivity contribution in [2.24, 2.45) is 5.92 Å². The van der Waals surface area contributed by atoms with E-state index in [1.165, 1.54) is 0 Å². The fourth-order valence-electron chi connectivity index (χ4n) is 2.47. The molecule has 0 spiro atoms. The smallest absolute Gasteiger partial charge is 0.223 e. The van der Waals surface area contributed by atoms with Gasteiger partial charge in [0, 0.05) is 0 Å². The zero-order valence-electron chi connectivity index (χ0n) is 10.4. The van der Waals surface area contributed by atoms with Gasteiger partial charge in [0.05, 0.1) is 27.7 Å². The van der Waals surface area contributed by atoms with E-state index in [-0.39, 0.29) is 4.90 Å². The summed E-state index contributed by atoms with van der Waals surface area (Å²) in [7, 11) is -3.91. The molecule has 0 bridgehead atoms. The standard InChI is InChI=1S/C13H12F3NO2S/c14-13(15,16)10-4-2-5-11(7-10)20(18,19)12-6-1-3-9(12)8-17/h2,4-5,7,9,12H,1,3,6H2. The van der Waals surface area contributed by atoms with Crippen LogP contribution in [0.5, 0.6) is 0 Å². The van der Waals surface area contributed by atoms with Gasteiger partial charge in [-0.05, 0) is 31.0 Å². The van der Waals surface area contributed by atoms with Gasteiger partial charge in [0.15, 0.2) is 9.84 Å². The summed E-state index contributed by atoms with van der Waals surface area (Å²) in [5.41, 5.74) is -0.995. The van der Waals surface area contributed by atoms with Crippen molar-refractivity contribution in [1.82, 2.24) is 0 Å². The van der Waals surface area contributed by atoms with Crippen LogP contribution < -0.4 is 0 Å². The van der Waals surface area contributed by atoms with Crippen molar-refractivity contribution in [2.75, 3.05) is 0 Å². The summed E-state index contributed by atoms with van der Waals surface area (Å²) in [4.78, 5) is -0.362. The molecule has 0 radical (unpaired) electrons. The van der Waals surface area contributed by atoms with E-state index in [4.69, 9.17) is 5.26 Å². The van der Waals surface area contributed by atoms with Crippen LogP contribution in [0.2, 0.25) is 0 Å². The predicted molar refractivity (Wildman–Crippen MR) is 65.4 cm³/mol. The minimum absolute atomic E-state index is 0.316. The first kappa shape index (κ1) is 14.9. The monoisotopic (exact) mass is 303 g/mol. The van der Waals surface area contributed by atoms with Crippen LogP contribution in [0.1, 0.15) is 24.8 Å². The molecule has 0 aliphatic heterocycles. The van der Waals surface area contributed by atoms with Crippen LogP contribution in [0.15, 0.2) is 29.2 Å². The first-order valence-corrected chi connectivity index (χ1v) is 7.62. The van der Waals surface area contributed by atoms with E-state index in [2.05, 4.69) is 0 Å². The third kappa shape index (κ3) is 2.66. The molecule has 0 aromatic heterocycles. The highest BCUT2D eigenvalue weighted by Gasteiger charge is 2.39. The van der Waals surface area contributed by atoms with Crippen molar-refractivity contribution in [3.8, 4) is 6.07 Å². The molecule has 1 aromatic carbocycles. The van der Waals surface area contributed by atoms with Gasteiger partial charge in [-0.1, -0.05) is 12.5 Å². The molecule has 1 aromatic rings. The molecule has 1 aliphatic carbocycles. The molecule has 1 fully saturated rings. The molecule has 2 unspecified atom stereocenters. The van der Waals surface area contributed by atoms with Crippen LogP contribution in [0.3, 0.4) is 0 Å². The van der Waals surface area contributed by atoms with Gasteiger partial charge in [0.25, 0.3) is 0 Å². The van der Waals surface area contributed by atoms with E-state index in [1.54, 1.807) is 0 Å². The van der Waals surface area contributed by atoms with Crippen molar-refractivity contribution in [3.05, 3.63) is 29.8 Å². The van der Waals surface area contributed by atoms with E-state index >= 15 is 0 Å². The zero-order valence-corrected chi connectivity index (χ0v) is 11.2. The normalized spacial score (nSPS) is 23.5. The number of halogens is 3. The summed E-state index contributed by atoms with van der Waals surface area (Å²) in [5, 5.41) is 8.03. The molecule has 108 valence electrons. The maximum Gasteiger partial charge on any atom is 0.416 e. The van der Waals surface area contributed by atoms with Crippen LogP contribution in [0, 0.1) is 17.2 Å².